The molecular formula is C16H35N7O. The average molecular weight is 342 g/mol. The predicted octanol–water partition coefficient (Wildman–Crippen LogP) is -3.10. The first-order chi connectivity index (χ1) is 11.9. The van der Waals surface area contributed by atoms with Crippen molar-refractivity contribution >= 4 is 5.91 Å². The summed E-state index contributed by atoms with van der Waals surface area (Å²) in [5, 5.41) is 23.3. The topological polar surface area (TPSA) is 101 Å². The maximum Gasteiger partial charge on any atom is 0.225 e. The number of hydrogen-bond acceptors (Lipinski definition) is 7. The lowest BCUT2D eigenvalue weighted by atomic mass is 10.1. The third-order valence-corrected chi connectivity index (χ3v) is 4.49. The first kappa shape index (κ1) is 19.6. The molecule has 1 amide bonds. The van der Waals surface area contributed by atoms with Gasteiger partial charge in [0.2, 0.25) is 5.91 Å². The van der Waals surface area contributed by atoms with E-state index in [2.05, 4.69) is 37.2 Å². The molecule has 24 heavy (non-hydrogen) atoms. The summed E-state index contributed by atoms with van der Waals surface area (Å²) < 4.78 is 0. The number of nitrogens with one attached hydrogen (secondary N) is 7. The van der Waals surface area contributed by atoms with E-state index in [4.69, 9.17) is 0 Å². The van der Waals surface area contributed by atoms with Crippen LogP contribution in [-0.4, -0.2) is 91.0 Å². The van der Waals surface area contributed by atoms with Gasteiger partial charge in [-0.05, 0) is 5.92 Å². The van der Waals surface area contributed by atoms with Gasteiger partial charge in [0.15, 0.2) is 0 Å². The summed E-state index contributed by atoms with van der Waals surface area (Å²) in [4.78, 5) is 12.0. The summed E-state index contributed by atoms with van der Waals surface area (Å²) in [6.07, 6.45) is 0. The quantitative estimate of drug-likeness (QED) is 0.223. The fraction of sp³-hybridized carbons (Fsp3) is 0.938. The molecule has 0 unspecified atom stereocenters. The van der Waals surface area contributed by atoms with Gasteiger partial charge in [-0.2, -0.15) is 0 Å². The minimum atomic E-state index is 0.0379. The van der Waals surface area contributed by atoms with Crippen molar-refractivity contribution in [1.29, 1.82) is 0 Å². The van der Waals surface area contributed by atoms with Crippen molar-refractivity contribution in [3.8, 4) is 0 Å². The van der Waals surface area contributed by atoms with Crippen molar-refractivity contribution in [1.82, 2.24) is 37.2 Å². The van der Waals surface area contributed by atoms with Gasteiger partial charge in [-0.3, -0.25) is 4.79 Å². The highest BCUT2D eigenvalue weighted by Gasteiger charge is 2.18. The minimum absolute atomic E-state index is 0.0379. The molecule has 0 radical (unpaired) electrons. The molecule has 2 saturated heterocycles. The first-order valence-corrected chi connectivity index (χ1v) is 9.38. The van der Waals surface area contributed by atoms with Crippen LogP contribution < -0.4 is 37.2 Å². The van der Waals surface area contributed by atoms with E-state index in [0.717, 1.165) is 78.5 Å². The number of rotatable bonds is 9. The fourth-order valence-corrected chi connectivity index (χ4v) is 3.02. The first-order valence-electron chi connectivity index (χ1n) is 9.38. The van der Waals surface area contributed by atoms with E-state index in [1.165, 1.54) is 0 Å². The molecule has 2 fully saturated rings. The number of carbonyl (C=O) groups is 1. The van der Waals surface area contributed by atoms with Gasteiger partial charge in [0, 0.05) is 85.1 Å². The SMILES string of the molecule is O=C(NCCNCCNCC1CNCCNC1)C1CNCCNC1. The summed E-state index contributed by atoms with van der Waals surface area (Å²) in [5.41, 5.74) is 0. The molecule has 0 aromatic carbocycles. The van der Waals surface area contributed by atoms with Crippen molar-refractivity contribution in [3.05, 3.63) is 0 Å². The molecule has 0 aromatic rings. The Morgan fingerprint density at radius 2 is 1.29 bits per heavy atom. The molecule has 8 heteroatoms. The van der Waals surface area contributed by atoms with Crippen molar-refractivity contribution in [2.45, 2.75) is 0 Å². The van der Waals surface area contributed by atoms with Crippen LogP contribution >= 0.6 is 0 Å². The molecule has 2 heterocycles. The van der Waals surface area contributed by atoms with Crippen molar-refractivity contribution in [3.63, 3.8) is 0 Å². The maximum atomic E-state index is 12.0. The van der Waals surface area contributed by atoms with Crippen LogP contribution in [0.4, 0.5) is 0 Å². The van der Waals surface area contributed by atoms with Gasteiger partial charge in [0.1, 0.15) is 0 Å². The van der Waals surface area contributed by atoms with Gasteiger partial charge in [0.05, 0.1) is 5.92 Å². The second kappa shape index (κ2) is 12.6. The van der Waals surface area contributed by atoms with Gasteiger partial charge < -0.3 is 37.2 Å². The zero-order valence-electron chi connectivity index (χ0n) is 14.8. The second-order valence-electron chi connectivity index (χ2n) is 6.62. The predicted molar refractivity (Wildman–Crippen MR) is 97.2 cm³/mol. The van der Waals surface area contributed by atoms with Crippen molar-refractivity contribution in [2.75, 3.05) is 85.1 Å². The molecule has 140 valence electrons. The highest BCUT2D eigenvalue weighted by Crippen LogP contribution is 1.95. The lowest BCUT2D eigenvalue weighted by Gasteiger charge is -2.16. The molecular weight excluding hydrogens is 306 g/mol. The number of hydrogen-bond donors (Lipinski definition) is 7. The molecule has 0 saturated carbocycles. The van der Waals surface area contributed by atoms with E-state index in [9.17, 15) is 4.79 Å². The van der Waals surface area contributed by atoms with Crippen molar-refractivity contribution < 1.29 is 4.79 Å². The highest BCUT2D eigenvalue weighted by molar-refractivity contribution is 5.79. The number of amides is 1. The Bertz CT molecular complexity index is 326. The third kappa shape index (κ3) is 8.36. The van der Waals surface area contributed by atoms with E-state index in [0.29, 0.717) is 12.5 Å². The van der Waals surface area contributed by atoms with Crippen LogP contribution in [0.25, 0.3) is 0 Å². The standard InChI is InChI=1S/C16H35N7O/c24-16(15-12-21-5-6-22-13-15)23-8-7-17-1-2-18-9-14-10-19-3-4-20-11-14/h14-15,17-22H,1-13H2,(H,23,24). The van der Waals surface area contributed by atoms with Crippen LogP contribution in [0.5, 0.6) is 0 Å². The van der Waals surface area contributed by atoms with Crippen LogP contribution in [0.15, 0.2) is 0 Å². The average Bonchev–Trinajstić information content (AvgIpc) is 3.02. The van der Waals surface area contributed by atoms with Crippen LogP contribution in [-0.2, 0) is 4.79 Å². The van der Waals surface area contributed by atoms with Crippen LogP contribution in [0.1, 0.15) is 0 Å². The lowest BCUT2D eigenvalue weighted by Crippen LogP contribution is -2.42. The Morgan fingerprint density at radius 1 is 0.750 bits per heavy atom. The Labute approximate surface area is 145 Å². The summed E-state index contributed by atoms with van der Waals surface area (Å²) in [5.74, 6) is 0.842. The maximum absolute atomic E-state index is 12.0. The summed E-state index contributed by atoms with van der Waals surface area (Å²) in [6.45, 7) is 12.1. The molecule has 0 atom stereocenters. The van der Waals surface area contributed by atoms with Gasteiger partial charge in [0.25, 0.3) is 0 Å². The Kier molecular flexibility index (Phi) is 10.2. The molecule has 0 aliphatic carbocycles. The molecule has 8 nitrogen and oxygen atoms in total. The summed E-state index contributed by atoms with van der Waals surface area (Å²) in [7, 11) is 0. The summed E-state index contributed by atoms with van der Waals surface area (Å²) in [6, 6.07) is 0. The monoisotopic (exact) mass is 341 g/mol. The smallest absolute Gasteiger partial charge is 0.225 e. The minimum Gasteiger partial charge on any atom is -0.355 e. The molecule has 0 bridgehead atoms. The zero-order chi connectivity index (χ0) is 16.9. The van der Waals surface area contributed by atoms with Gasteiger partial charge >= 0.3 is 0 Å². The van der Waals surface area contributed by atoms with Crippen LogP contribution in [0.3, 0.4) is 0 Å². The Hall–Kier alpha value is -0.770. The Balaban J connectivity index is 1.40. The molecule has 2 aliphatic rings. The van der Waals surface area contributed by atoms with Gasteiger partial charge in [-0.15, -0.1) is 0 Å². The second-order valence-corrected chi connectivity index (χ2v) is 6.62. The molecule has 2 aliphatic heterocycles. The molecule has 0 aromatic heterocycles. The largest absolute Gasteiger partial charge is 0.355 e. The van der Waals surface area contributed by atoms with Gasteiger partial charge in [-0.1, -0.05) is 0 Å². The van der Waals surface area contributed by atoms with Gasteiger partial charge in [-0.25, -0.2) is 0 Å². The molecule has 2 rings (SSSR count). The zero-order valence-corrected chi connectivity index (χ0v) is 14.8. The summed E-state index contributed by atoms with van der Waals surface area (Å²) >= 11 is 0. The van der Waals surface area contributed by atoms with Crippen molar-refractivity contribution in [2.24, 2.45) is 11.8 Å². The van der Waals surface area contributed by atoms with E-state index in [-0.39, 0.29) is 11.8 Å². The van der Waals surface area contributed by atoms with E-state index < -0.39 is 0 Å². The number of carbonyl (C=O) groups excluding carboxylic acids is 1. The lowest BCUT2D eigenvalue weighted by molar-refractivity contribution is -0.124. The Morgan fingerprint density at radius 3 is 1.96 bits per heavy atom. The third-order valence-electron chi connectivity index (χ3n) is 4.49. The molecule has 7 N–H and O–H groups in total. The van der Waals surface area contributed by atoms with Crippen LogP contribution in [0, 0.1) is 11.8 Å². The van der Waals surface area contributed by atoms with Crippen LogP contribution in [0.2, 0.25) is 0 Å². The fourth-order valence-electron chi connectivity index (χ4n) is 3.02. The highest BCUT2D eigenvalue weighted by atomic mass is 16.1. The molecule has 0 spiro atoms. The normalized spacial score (nSPS) is 21.2. The van der Waals surface area contributed by atoms with E-state index >= 15 is 0 Å². The van der Waals surface area contributed by atoms with E-state index in [1.807, 2.05) is 0 Å². The van der Waals surface area contributed by atoms with E-state index in [1.54, 1.807) is 0 Å².